The number of rotatable bonds is 7. The van der Waals surface area contributed by atoms with Gasteiger partial charge in [-0.2, -0.15) is 0 Å². The third kappa shape index (κ3) is 4.84. The molecule has 1 unspecified atom stereocenters. The summed E-state index contributed by atoms with van der Waals surface area (Å²) in [6.45, 7) is 3.61. The van der Waals surface area contributed by atoms with Crippen LogP contribution in [0.25, 0.3) is 0 Å². The SMILES string of the molecule is CCC(NC(=O)CCC(=O)c1ccc(C)cc1)C(=O)O. The second-order valence-corrected chi connectivity index (χ2v) is 4.66. The number of carboxylic acid groups (broad SMARTS) is 1. The van der Waals surface area contributed by atoms with Crippen LogP contribution in [0, 0.1) is 6.92 Å². The highest BCUT2D eigenvalue weighted by atomic mass is 16.4. The van der Waals surface area contributed by atoms with Crippen molar-refractivity contribution in [3.05, 3.63) is 35.4 Å². The molecule has 0 bridgehead atoms. The van der Waals surface area contributed by atoms with E-state index in [1.807, 2.05) is 19.1 Å². The Morgan fingerprint density at radius 1 is 1.15 bits per heavy atom. The second kappa shape index (κ2) is 7.43. The second-order valence-electron chi connectivity index (χ2n) is 4.66. The summed E-state index contributed by atoms with van der Waals surface area (Å²) in [6, 6.07) is 6.23. The van der Waals surface area contributed by atoms with Gasteiger partial charge in [0, 0.05) is 18.4 Å². The molecule has 1 atom stereocenters. The van der Waals surface area contributed by atoms with Crippen molar-refractivity contribution in [3.8, 4) is 0 Å². The number of Topliss-reactive ketones (excluding diaryl/α,β-unsaturated/α-hetero) is 1. The van der Waals surface area contributed by atoms with Crippen molar-refractivity contribution < 1.29 is 19.5 Å². The van der Waals surface area contributed by atoms with Crippen molar-refractivity contribution >= 4 is 17.7 Å². The van der Waals surface area contributed by atoms with Gasteiger partial charge in [-0.1, -0.05) is 36.8 Å². The van der Waals surface area contributed by atoms with Gasteiger partial charge in [-0.3, -0.25) is 9.59 Å². The van der Waals surface area contributed by atoms with Crippen LogP contribution in [0.15, 0.2) is 24.3 Å². The predicted octanol–water partition coefficient (Wildman–Crippen LogP) is 1.94. The highest BCUT2D eigenvalue weighted by molar-refractivity contribution is 5.98. The number of ketones is 1. The lowest BCUT2D eigenvalue weighted by atomic mass is 10.0. The number of nitrogens with one attached hydrogen (secondary N) is 1. The number of aryl methyl sites for hydroxylation is 1. The topological polar surface area (TPSA) is 83.5 Å². The summed E-state index contributed by atoms with van der Waals surface area (Å²) < 4.78 is 0. The molecule has 0 aliphatic heterocycles. The summed E-state index contributed by atoms with van der Waals surface area (Å²) in [5.74, 6) is -1.60. The number of carbonyl (C=O) groups excluding carboxylic acids is 2. The standard InChI is InChI=1S/C15H19NO4/c1-3-12(15(19)20)16-14(18)9-8-13(17)11-6-4-10(2)5-7-11/h4-7,12H,3,8-9H2,1-2H3,(H,16,18)(H,19,20). The molecule has 5 nitrogen and oxygen atoms in total. The van der Waals surface area contributed by atoms with Gasteiger partial charge in [0.25, 0.3) is 0 Å². The van der Waals surface area contributed by atoms with Gasteiger partial charge in [-0.15, -0.1) is 0 Å². The fourth-order valence-electron chi connectivity index (χ4n) is 1.72. The molecular formula is C15H19NO4. The van der Waals surface area contributed by atoms with E-state index in [1.165, 1.54) is 0 Å². The molecule has 20 heavy (non-hydrogen) atoms. The normalized spacial score (nSPS) is 11.7. The van der Waals surface area contributed by atoms with Crippen LogP contribution in [-0.2, 0) is 9.59 Å². The number of aliphatic carboxylic acids is 1. The smallest absolute Gasteiger partial charge is 0.326 e. The van der Waals surface area contributed by atoms with Gasteiger partial charge in [-0.05, 0) is 13.3 Å². The molecule has 0 aliphatic rings. The van der Waals surface area contributed by atoms with E-state index in [0.29, 0.717) is 12.0 Å². The molecule has 5 heteroatoms. The van der Waals surface area contributed by atoms with Gasteiger partial charge in [0.15, 0.2) is 5.78 Å². The number of hydrogen-bond donors (Lipinski definition) is 2. The van der Waals surface area contributed by atoms with Crippen molar-refractivity contribution in [2.45, 2.75) is 39.2 Å². The van der Waals surface area contributed by atoms with E-state index in [2.05, 4.69) is 5.32 Å². The predicted molar refractivity (Wildman–Crippen MR) is 74.6 cm³/mol. The molecule has 1 rings (SSSR count). The quantitative estimate of drug-likeness (QED) is 0.746. The molecule has 0 saturated carbocycles. The zero-order valence-corrected chi connectivity index (χ0v) is 11.7. The molecule has 1 aromatic rings. The Morgan fingerprint density at radius 2 is 1.75 bits per heavy atom. The van der Waals surface area contributed by atoms with Crippen molar-refractivity contribution in [2.75, 3.05) is 0 Å². The Kier molecular flexibility index (Phi) is 5.90. The highest BCUT2D eigenvalue weighted by Gasteiger charge is 2.18. The monoisotopic (exact) mass is 277 g/mol. The van der Waals surface area contributed by atoms with Crippen LogP contribution in [-0.4, -0.2) is 28.8 Å². The minimum atomic E-state index is -1.06. The maximum Gasteiger partial charge on any atom is 0.326 e. The van der Waals surface area contributed by atoms with Crippen LogP contribution < -0.4 is 5.32 Å². The van der Waals surface area contributed by atoms with Crippen LogP contribution in [0.4, 0.5) is 0 Å². The van der Waals surface area contributed by atoms with Gasteiger partial charge in [0.05, 0.1) is 0 Å². The summed E-state index contributed by atoms with van der Waals surface area (Å²) in [6.07, 6.45) is 0.383. The molecular weight excluding hydrogens is 258 g/mol. The first-order chi connectivity index (χ1) is 9.43. The number of amides is 1. The van der Waals surface area contributed by atoms with Crippen LogP contribution in [0.1, 0.15) is 42.1 Å². The van der Waals surface area contributed by atoms with E-state index in [4.69, 9.17) is 5.11 Å². The Bertz CT molecular complexity index is 493. The summed E-state index contributed by atoms with van der Waals surface area (Å²) in [5.41, 5.74) is 1.63. The minimum Gasteiger partial charge on any atom is -0.480 e. The van der Waals surface area contributed by atoms with Gasteiger partial charge in [0.2, 0.25) is 5.91 Å². The minimum absolute atomic E-state index is 0.00348. The average molecular weight is 277 g/mol. The van der Waals surface area contributed by atoms with E-state index in [-0.39, 0.29) is 18.6 Å². The van der Waals surface area contributed by atoms with Crippen LogP contribution in [0.2, 0.25) is 0 Å². The van der Waals surface area contributed by atoms with Crippen molar-refractivity contribution in [2.24, 2.45) is 0 Å². The average Bonchev–Trinajstić information content (AvgIpc) is 2.42. The maximum atomic E-state index is 11.9. The molecule has 0 saturated heterocycles. The molecule has 1 amide bonds. The Labute approximate surface area is 118 Å². The van der Waals surface area contributed by atoms with Crippen molar-refractivity contribution in [1.82, 2.24) is 5.32 Å². The van der Waals surface area contributed by atoms with E-state index in [0.717, 1.165) is 5.56 Å². The summed E-state index contributed by atoms with van der Waals surface area (Å²) in [4.78, 5) is 34.2. The fraction of sp³-hybridized carbons (Fsp3) is 0.400. The Hall–Kier alpha value is -2.17. The number of carbonyl (C=O) groups is 3. The van der Waals surface area contributed by atoms with Crippen LogP contribution in [0.5, 0.6) is 0 Å². The molecule has 0 aromatic heterocycles. The first-order valence-electron chi connectivity index (χ1n) is 6.56. The molecule has 0 heterocycles. The van der Waals surface area contributed by atoms with Crippen LogP contribution >= 0.6 is 0 Å². The first-order valence-corrected chi connectivity index (χ1v) is 6.56. The van der Waals surface area contributed by atoms with Crippen molar-refractivity contribution in [3.63, 3.8) is 0 Å². The van der Waals surface area contributed by atoms with Gasteiger partial charge in [-0.25, -0.2) is 4.79 Å². The first kappa shape index (κ1) is 15.9. The Morgan fingerprint density at radius 3 is 2.25 bits per heavy atom. The van der Waals surface area contributed by atoms with Gasteiger partial charge in [0.1, 0.15) is 6.04 Å². The van der Waals surface area contributed by atoms with Gasteiger partial charge >= 0.3 is 5.97 Å². The summed E-state index contributed by atoms with van der Waals surface area (Å²) in [7, 11) is 0. The maximum absolute atomic E-state index is 11.9. The van der Waals surface area contributed by atoms with E-state index >= 15 is 0 Å². The summed E-state index contributed by atoms with van der Waals surface area (Å²) >= 11 is 0. The number of hydrogen-bond acceptors (Lipinski definition) is 3. The Balaban J connectivity index is 2.46. The number of benzene rings is 1. The third-order valence-electron chi connectivity index (χ3n) is 2.99. The fourth-order valence-corrected chi connectivity index (χ4v) is 1.72. The van der Waals surface area contributed by atoms with E-state index < -0.39 is 17.9 Å². The molecule has 1 aromatic carbocycles. The molecule has 0 fully saturated rings. The third-order valence-corrected chi connectivity index (χ3v) is 2.99. The lowest BCUT2D eigenvalue weighted by molar-refractivity contribution is -0.141. The highest BCUT2D eigenvalue weighted by Crippen LogP contribution is 2.07. The van der Waals surface area contributed by atoms with E-state index in [9.17, 15) is 14.4 Å². The lowest BCUT2D eigenvalue weighted by Crippen LogP contribution is -2.40. The number of carboxylic acids is 1. The zero-order valence-electron chi connectivity index (χ0n) is 11.7. The molecule has 2 N–H and O–H groups in total. The molecule has 0 radical (unpaired) electrons. The molecule has 108 valence electrons. The molecule has 0 aliphatic carbocycles. The van der Waals surface area contributed by atoms with E-state index in [1.54, 1.807) is 19.1 Å². The largest absolute Gasteiger partial charge is 0.480 e. The van der Waals surface area contributed by atoms with Gasteiger partial charge < -0.3 is 10.4 Å². The van der Waals surface area contributed by atoms with Crippen LogP contribution in [0.3, 0.4) is 0 Å². The molecule has 0 spiro atoms. The zero-order chi connectivity index (χ0) is 15.1. The summed E-state index contributed by atoms with van der Waals surface area (Å²) in [5, 5.41) is 11.2. The lowest BCUT2D eigenvalue weighted by Gasteiger charge is -2.11. The van der Waals surface area contributed by atoms with Crippen molar-refractivity contribution in [1.29, 1.82) is 0 Å².